The first-order valence-corrected chi connectivity index (χ1v) is 6.54. The highest BCUT2D eigenvalue weighted by Gasteiger charge is 2.17. The van der Waals surface area contributed by atoms with E-state index in [0.717, 1.165) is 5.56 Å². The quantitative estimate of drug-likeness (QED) is 0.806. The molecule has 0 radical (unpaired) electrons. The van der Waals surface area contributed by atoms with E-state index in [1.807, 2.05) is 0 Å². The number of ketones is 1. The molecule has 0 heterocycles. The molecule has 0 aliphatic heterocycles. The molecule has 0 spiro atoms. The van der Waals surface area contributed by atoms with Crippen molar-refractivity contribution in [1.29, 1.82) is 0 Å². The monoisotopic (exact) mass is 274 g/mol. The molecule has 1 nitrogen and oxygen atoms in total. The van der Waals surface area contributed by atoms with E-state index in [4.69, 9.17) is 0 Å². The van der Waals surface area contributed by atoms with Crippen LogP contribution in [0.5, 0.6) is 0 Å². The molecule has 1 atom stereocenters. The highest BCUT2D eigenvalue weighted by Crippen LogP contribution is 2.18. The number of halogens is 2. The molecule has 1 unspecified atom stereocenters. The molecule has 0 saturated carbocycles. The minimum Gasteiger partial charge on any atom is -0.300 e. The summed E-state index contributed by atoms with van der Waals surface area (Å²) in [5, 5.41) is 0. The first-order valence-electron chi connectivity index (χ1n) is 6.54. The van der Waals surface area contributed by atoms with Gasteiger partial charge in [-0.25, -0.2) is 8.78 Å². The van der Waals surface area contributed by atoms with Crippen LogP contribution in [0.1, 0.15) is 18.1 Å². The summed E-state index contributed by atoms with van der Waals surface area (Å²) in [6.07, 6.45) is 0.750. The largest absolute Gasteiger partial charge is 0.300 e. The van der Waals surface area contributed by atoms with Gasteiger partial charge in [-0.2, -0.15) is 0 Å². The Morgan fingerprint density at radius 1 is 1.05 bits per heavy atom. The molecule has 0 amide bonds. The van der Waals surface area contributed by atoms with Gasteiger partial charge in [0.1, 0.15) is 17.4 Å². The zero-order valence-corrected chi connectivity index (χ0v) is 11.3. The smallest absolute Gasteiger partial charge is 0.133 e. The summed E-state index contributed by atoms with van der Waals surface area (Å²) in [7, 11) is 0. The van der Waals surface area contributed by atoms with E-state index >= 15 is 0 Å². The molecular formula is C17H16F2O. The molecule has 0 aliphatic rings. The maximum atomic E-state index is 13.6. The summed E-state index contributed by atoms with van der Waals surface area (Å²) in [6, 6.07) is 12.6. The third-order valence-corrected chi connectivity index (χ3v) is 3.37. The molecule has 0 saturated heterocycles. The van der Waals surface area contributed by atoms with Crippen molar-refractivity contribution in [1.82, 2.24) is 0 Å². The lowest BCUT2D eigenvalue weighted by Crippen LogP contribution is -2.17. The zero-order chi connectivity index (χ0) is 14.5. The van der Waals surface area contributed by atoms with Crippen LogP contribution in [0, 0.1) is 17.6 Å². The van der Waals surface area contributed by atoms with Gasteiger partial charge in [0.2, 0.25) is 0 Å². The summed E-state index contributed by atoms with van der Waals surface area (Å²) < 4.78 is 26.8. The van der Waals surface area contributed by atoms with Gasteiger partial charge < -0.3 is 0 Å². The highest BCUT2D eigenvalue weighted by atomic mass is 19.1. The number of rotatable bonds is 5. The number of hydrogen-bond acceptors (Lipinski definition) is 1. The van der Waals surface area contributed by atoms with Crippen LogP contribution in [0.2, 0.25) is 0 Å². The summed E-state index contributed by atoms with van der Waals surface area (Å²) >= 11 is 0. The Balaban J connectivity index is 2.16. The standard InChI is InChI=1S/C17H16F2O/c1-12(20)15(9-13-5-4-7-16(18)10-13)11-14-6-2-3-8-17(14)19/h2-8,10,15H,9,11H2,1H3. The van der Waals surface area contributed by atoms with Crippen LogP contribution in [0.15, 0.2) is 48.5 Å². The lowest BCUT2D eigenvalue weighted by atomic mass is 9.89. The fraction of sp³-hybridized carbons (Fsp3) is 0.235. The van der Waals surface area contributed by atoms with Gasteiger partial charge in [-0.1, -0.05) is 30.3 Å². The molecule has 0 bridgehead atoms. The Labute approximate surface area is 117 Å². The fourth-order valence-electron chi connectivity index (χ4n) is 2.24. The van der Waals surface area contributed by atoms with E-state index in [1.54, 1.807) is 30.3 Å². The lowest BCUT2D eigenvalue weighted by molar-refractivity contribution is -0.120. The van der Waals surface area contributed by atoms with Crippen LogP contribution < -0.4 is 0 Å². The maximum Gasteiger partial charge on any atom is 0.133 e. The van der Waals surface area contributed by atoms with E-state index in [-0.39, 0.29) is 23.3 Å². The van der Waals surface area contributed by atoms with E-state index in [1.165, 1.54) is 25.1 Å². The van der Waals surface area contributed by atoms with Crippen molar-refractivity contribution in [3.05, 3.63) is 71.3 Å². The van der Waals surface area contributed by atoms with Crippen molar-refractivity contribution < 1.29 is 13.6 Å². The summed E-state index contributed by atoms with van der Waals surface area (Å²) in [6.45, 7) is 1.49. The molecule has 104 valence electrons. The van der Waals surface area contributed by atoms with Crippen LogP contribution in [0.25, 0.3) is 0 Å². The van der Waals surface area contributed by atoms with Gasteiger partial charge in [0, 0.05) is 5.92 Å². The lowest BCUT2D eigenvalue weighted by Gasteiger charge is -2.14. The van der Waals surface area contributed by atoms with Gasteiger partial charge in [-0.3, -0.25) is 4.79 Å². The van der Waals surface area contributed by atoms with Crippen LogP contribution in [0.3, 0.4) is 0 Å². The van der Waals surface area contributed by atoms with Crippen LogP contribution in [0.4, 0.5) is 8.78 Å². The molecule has 0 fully saturated rings. The summed E-state index contributed by atoms with van der Waals surface area (Å²) in [4.78, 5) is 11.7. The molecule has 0 aromatic heterocycles. The topological polar surface area (TPSA) is 17.1 Å². The predicted octanol–water partition coefficient (Wildman–Crippen LogP) is 3.96. The molecular weight excluding hydrogens is 258 g/mol. The number of Topliss-reactive ketones (excluding diaryl/α,β-unsaturated/α-hetero) is 1. The average Bonchev–Trinajstić information content (AvgIpc) is 2.40. The Kier molecular flexibility index (Phi) is 4.61. The van der Waals surface area contributed by atoms with Crippen LogP contribution >= 0.6 is 0 Å². The van der Waals surface area contributed by atoms with Gasteiger partial charge >= 0.3 is 0 Å². The van der Waals surface area contributed by atoms with Crippen molar-refractivity contribution >= 4 is 5.78 Å². The van der Waals surface area contributed by atoms with Crippen molar-refractivity contribution in [3.63, 3.8) is 0 Å². The Hall–Kier alpha value is -2.03. The van der Waals surface area contributed by atoms with E-state index in [0.29, 0.717) is 18.4 Å². The normalized spacial score (nSPS) is 12.2. The number of carbonyl (C=O) groups is 1. The molecule has 2 rings (SSSR count). The van der Waals surface area contributed by atoms with Gasteiger partial charge in [-0.05, 0) is 49.1 Å². The highest BCUT2D eigenvalue weighted by molar-refractivity contribution is 5.79. The molecule has 20 heavy (non-hydrogen) atoms. The molecule has 0 aliphatic carbocycles. The van der Waals surface area contributed by atoms with Gasteiger partial charge in [0.05, 0.1) is 0 Å². The van der Waals surface area contributed by atoms with Crippen molar-refractivity contribution in [2.24, 2.45) is 5.92 Å². The fourth-order valence-corrected chi connectivity index (χ4v) is 2.24. The van der Waals surface area contributed by atoms with Crippen LogP contribution in [-0.4, -0.2) is 5.78 Å². The Morgan fingerprint density at radius 2 is 1.80 bits per heavy atom. The Bertz CT molecular complexity index is 607. The maximum absolute atomic E-state index is 13.6. The summed E-state index contributed by atoms with van der Waals surface area (Å²) in [5.74, 6) is -0.986. The second-order valence-electron chi connectivity index (χ2n) is 4.94. The number of carbonyl (C=O) groups excluding carboxylic acids is 1. The van der Waals surface area contributed by atoms with Crippen molar-refractivity contribution in [3.8, 4) is 0 Å². The first-order chi connectivity index (χ1) is 9.56. The molecule has 3 heteroatoms. The van der Waals surface area contributed by atoms with Gasteiger partial charge in [0.15, 0.2) is 0 Å². The van der Waals surface area contributed by atoms with Gasteiger partial charge in [-0.15, -0.1) is 0 Å². The molecule has 2 aromatic carbocycles. The zero-order valence-electron chi connectivity index (χ0n) is 11.3. The van der Waals surface area contributed by atoms with Crippen LogP contribution in [-0.2, 0) is 17.6 Å². The van der Waals surface area contributed by atoms with E-state index in [9.17, 15) is 13.6 Å². The minimum absolute atomic E-state index is 0.0162. The second kappa shape index (κ2) is 6.42. The minimum atomic E-state index is -0.339. The van der Waals surface area contributed by atoms with Gasteiger partial charge in [0.25, 0.3) is 0 Å². The molecule has 2 aromatic rings. The number of hydrogen-bond donors (Lipinski definition) is 0. The van der Waals surface area contributed by atoms with Crippen molar-refractivity contribution in [2.75, 3.05) is 0 Å². The Morgan fingerprint density at radius 3 is 2.45 bits per heavy atom. The van der Waals surface area contributed by atoms with E-state index in [2.05, 4.69) is 0 Å². The second-order valence-corrected chi connectivity index (χ2v) is 4.94. The number of benzene rings is 2. The summed E-state index contributed by atoms with van der Waals surface area (Å²) in [5.41, 5.74) is 1.27. The third-order valence-electron chi connectivity index (χ3n) is 3.37. The van der Waals surface area contributed by atoms with Crippen molar-refractivity contribution in [2.45, 2.75) is 19.8 Å². The van der Waals surface area contributed by atoms with E-state index < -0.39 is 0 Å². The SMILES string of the molecule is CC(=O)C(Cc1cccc(F)c1)Cc1ccccc1F. The first kappa shape index (κ1) is 14.4. The third kappa shape index (κ3) is 3.73. The average molecular weight is 274 g/mol. The predicted molar refractivity (Wildman–Crippen MR) is 74.4 cm³/mol. The molecule has 0 N–H and O–H groups in total.